The predicted octanol–water partition coefficient (Wildman–Crippen LogP) is 1.56. The van der Waals surface area contributed by atoms with Gasteiger partial charge in [0.25, 0.3) is 0 Å². The fourth-order valence-electron chi connectivity index (χ4n) is 1.50. The second kappa shape index (κ2) is 5.74. The normalized spacial score (nSPS) is 10.2. The summed E-state index contributed by atoms with van der Waals surface area (Å²) in [7, 11) is 1.93. The van der Waals surface area contributed by atoms with Gasteiger partial charge < -0.3 is 4.90 Å². The number of nitrogens with two attached hydrogens (primary N) is 1. The van der Waals surface area contributed by atoms with Gasteiger partial charge in [0, 0.05) is 19.4 Å². The highest BCUT2D eigenvalue weighted by Crippen LogP contribution is 2.23. The Hall–Kier alpha value is -1.73. The summed E-state index contributed by atoms with van der Waals surface area (Å²) in [6.45, 7) is 0.653. The molecule has 2 heterocycles. The maximum atomic E-state index is 5.30. The zero-order chi connectivity index (χ0) is 13.0. The Morgan fingerprint density at radius 1 is 1.39 bits per heavy atom. The number of hydrazine groups is 1. The highest BCUT2D eigenvalue weighted by molar-refractivity contribution is 9.10. The molecule has 0 aliphatic rings. The van der Waals surface area contributed by atoms with Crippen molar-refractivity contribution in [3.8, 4) is 0 Å². The average Bonchev–Trinajstić information content (AvgIpc) is 2.40. The largest absolute Gasteiger partial charge is 0.353 e. The van der Waals surface area contributed by atoms with E-state index in [1.54, 1.807) is 12.4 Å². The van der Waals surface area contributed by atoms with Gasteiger partial charge in [-0.15, -0.1) is 0 Å². The van der Waals surface area contributed by atoms with E-state index in [0.29, 0.717) is 12.5 Å². The fraction of sp³-hybridized carbons (Fsp3) is 0.182. The molecular weight excluding hydrogens is 296 g/mol. The van der Waals surface area contributed by atoms with Crippen LogP contribution in [0.1, 0.15) is 5.69 Å². The van der Waals surface area contributed by atoms with Crippen LogP contribution in [0.2, 0.25) is 0 Å². The molecule has 18 heavy (non-hydrogen) atoms. The zero-order valence-electron chi connectivity index (χ0n) is 9.84. The smallest absolute Gasteiger partial charge is 0.239 e. The standard InChI is InChI=1S/C11H13BrN6/c1-18(7-8-4-2-3-5-14-8)10-9(12)6-15-11(16-10)17-13/h2-6H,7,13H2,1H3,(H,15,16,17). The Kier molecular flexibility index (Phi) is 4.06. The summed E-state index contributed by atoms with van der Waals surface area (Å²) in [4.78, 5) is 14.5. The summed E-state index contributed by atoms with van der Waals surface area (Å²) in [5.41, 5.74) is 3.39. The van der Waals surface area contributed by atoms with Crippen LogP contribution in [0.25, 0.3) is 0 Å². The molecule has 94 valence electrons. The van der Waals surface area contributed by atoms with Crippen LogP contribution >= 0.6 is 15.9 Å². The number of halogens is 1. The lowest BCUT2D eigenvalue weighted by Gasteiger charge is -2.19. The van der Waals surface area contributed by atoms with Gasteiger partial charge in [0.2, 0.25) is 5.95 Å². The van der Waals surface area contributed by atoms with Crippen LogP contribution in [0, 0.1) is 0 Å². The van der Waals surface area contributed by atoms with Gasteiger partial charge in [0.05, 0.1) is 16.7 Å². The molecule has 0 bridgehead atoms. The molecule has 6 nitrogen and oxygen atoms in total. The second-order valence-electron chi connectivity index (χ2n) is 3.69. The number of pyridine rings is 1. The molecule has 0 fully saturated rings. The van der Waals surface area contributed by atoms with Crippen molar-refractivity contribution in [2.75, 3.05) is 17.4 Å². The van der Waals surface area contributed by atoms with Crippen LogP contribution in [0.5, 0.6) is 0 Å². The predicted molar refractivity (Wildman–Crippen MR) is 73.9 cm³/mol. The topological polar surface area (TPSA) is 80.0 Å². The molecule has 0 atom stereocenters. The molecule has 0 unspecified atom stereocenters. The molecule has 0 spiro atoms. The maximum Gasteiger partial charge on any atom is 0.239 e. The van der Waals surface area contributed by atoms with Crippen LogP contribution in [-0.2, 0) is 6.54 Å². The van der Waals surface area contributed by atoms with Crippen LogP contribution in [0.3, 0.4) is 0 Å². The molecule has 0 saturated carbocycles. The third kappa shape index (κ3) is 2.93. The number of nitrogen functional groups attached to an aromatic ring is 1. The Balaban J connectivity index is 2.20. The van der Waals surface area contributed by atoms with Crippen molar-refractivity contribution in [3.05, 3.63) is 40.8 Å². The molecule has 0 saturated heterocycles. The van der Waals surface area contributed by atoms with Crippen molar-refractivity contribution in [2.45, 2.75) is 6.54 Å². The first-order valence-electron chi connectivity index (χ1n) is 5.31. The van der Waals surface area contributed by atoms with Crippen molar-refractivity contribution in [1.29, 1.82) is 0 Å². The van der Waals surface area contributed by atoms with E-state index in [1.165, 1.54) is 0 Å². The van der Waals surface area contributed by atoms with Crippen molar-refractivity contribution in [3.63, 3.8) is 0 Å². The Morgan fingerprint density at radius 2 is 2.22 bits per heavy atom. The molecular formula is C11H13BrN6. The molecule has 0 aliphatic heterocycles. The third-order valence-electron chi connectivity index (χ3n) is 2.34. The Morgan fingerprint density at radius 3 is 2.89 bits per heavy atom. The maximum absolute atomic E-state index is 5.30. The van der Waals surface area contributed by atoms with Crippen molar-refractivity contribution in [1.82, 2.24) is 15.0 Å². The molecule has 0 aromatic carbocycles. The lowest BCUT2D eigenvalue weighted by Crippen LogP contribution is -2.20. The second-order valence-corrected chi connectivity index (χ2v) is 4.54. The van der Waals surface area contributed by atoms with Crippen LogP contribution in [0.4, 0.5) is 11.8 Å². The molecule has 3 N–H and O–H groups in total. The van der Waals surface area contributed by atoms with E-state index in [-0.39, 0.29) is 0 Å². The van der Waals surface area contributed by atoms with Crippen LogP contribution in [0.15, 0.2) is 35.1 Å². The van der Waals surface area contributed by atoms with E-state index in [4.69, 9.17) is 5.84 Å². The van der Waals surface area contributed by atoms with E-state index in [2.05, 4.69) is 36.3 Å². The quantitative estimate of drug-likeness (QED) is 0.659. The number of rotatable bonds is 4. The fourth-order valence-corrected chi connectivity index (χ4v) is 2.00. The number of nitrogens with one attached hydrogen (secondary N) is 1. The number of hydrogen-bond acceptors (Lipinski definition) is 6. The minimum Gasteiger partial charge on any atom is -0.353 e. The van der Waals surface area contributed by atoms with E-state index in [9.17, 15) is 0 Å². The number of aromatic nitrogens is 3. The van der Waals surface area contributed by atoms with Crippen LogP contribution in [-0.4, -0.2) is 22.0 Å². The minimum absolute atomic E-state index is 0.376. The first-order valence-corrected chi connectivity index (χ1v) is 6.10. The van der Waals surface area contributed by atoms with Gasteiger partial charge in [0.1, 0.15) is 5.82 Å². The molecule has 0 amide bonds. The van der Waals surface area contributed by atoms with Crippen molar-refractivity contribution >= 4 is 27.7 Å². The summed E-state index contributed by atoms with van der Waals surface area (Å²) < 4.78 is 0.805. The third-order valence-corrected chi connectivity index (χ3v) is 2.90. The Bertz CT molecular complexity index is 518. The summed E-state index contributed by atoms with van der Waals surface area (Å²) in [6.07, 6.45) is 3.43. The van der Waals surface area contributed by atoms with Gasteiger partial charge in [-0.05, 0) is 28.1 Å². The van der Waals surface area contributed by atoms with Crippen molar-refractivity contribution in [2.24, 2.45) is 5.84 Å². The summed E-state index contributed by atoms with van der Waals surface area (Å²) in [5, 5.41) is 0. The monoisotopic (exact) mass is 308 g/mol. The number of nitrogens with zero attached hydrogens (tertiary/aromatic N) is 4. The summed E-state index contributed by atoms with van der Waals surface area (Å²) in [5.74, 6) is 6.43. The summed E-state index contributed by atoms with van der Waals surface area (Å²) in [6, 6.07) is 5.81. The molecule has 7 heteroatoms. The van der Waals surface area contributed by atoms with E-state index in [0.717, 1.165) is 16.0 Å². The van der Waals surface area contributed by atoms with E-state index in [1.807, 2.05) is 30.1 Å². The number of hydrogen-bond donors (Lipinski definition) is 2. The van der Waals surface area contributed by atoms with Gasteiger partial charge in [0.15, 0.2) is 0 Å². The molecule has 2 aromatic heterocycles. The van der Waals surface area contributed by atoms with Crippen molar-refractivity contribution < 1.29 is 0 Å². The van der Waals surface area contributed by atoms with Gasteiger partial charge in [-0.2, -0.15) is 4.98 Å². The molecule has 0 aliphatic carbocycles. The zero-order valence-corrected chi connectivity index (χ0v) is 11.4. The lowest BCUT2D eigenvalue weighted by atomic mass is 10.3. The summed E-state index contributed by atoms with van der Waals surface area (Å²) >= 11 is 3.42. The average molecular weight is 309 g/mol. The lowest BCUT2D eigenvalue weighted by molar-refractivity contribution is 0.857. The molecule has 0 radical (unpaired) electrons. The first kappa shape index (κ1) is 12.7. The van der Waals surface area contributed by atoms with Gasteiger partial charge in [-0.3, -0.25) is 10.4 Å². The van der Waals surface area contributed by atoms with E-state index < -0.39 is 0 Å². The molecule has 2 rings (SSSR count). The van der Waals surface area contributed by atoms with Gasteiger partial charge in [-0.25, -0.2) is 10.8 Å². The highest BCUT2D eigenvalue weighted by Gasteiger charge is 2.10. The molecule has 2 aromatic rings. The number of anilines is 2. The SMILES string of the molecule is CN(Cc1ccccn1)c1nc(NN)ncc1Br. The minimum atomic E-state index is 0.376. The highest BCUT2D eigenvalue weighted by atomic mass is 79.9. The first-order chi connectivity index (χ1) is 8.70. The van der Waals surface area contributed by atoms with Gasteiger partial charge in [-0.1, -0.05) is 6.07 Å². The Labute approximate surface area is 113 Å². The van der Waals surface area contributed by atoms with E-state index >= 15 is 0 Å². The van der Waals surface area contributed by atoms with Gasteiger partial charge >= 0.3 is 0 Å². The van der Waals surface area contributed by atoms with Crippen LogP contribution < -0.4 is 16.2 Å².